The van der Waals surface area contributed by atoms with Gasteiger partial charge in [0.05, 0.1) is 4.75 Å². The quantitative estimate of drug-likeness (QED) is 0.725. The van der Waals surface area contributed by atoms with Gasteiger partial charge in [-0.15, -0.1) is 0 Å². The Labute approximate surface area is 123 Å². The molecular formula is C15H26N2O2S. The topological polar surface area (TPSA) is 58.2 Å². The lowest BCUT2D eigenvalue weighted by molar-refractivity contribution is 0.540. The first-order valence-corrected chi connectivity index (χ1v) is 8.59. The van der Waals surface area contributed by atoms with Crippen LogP contribution < -0.4 is 10.0 Å². The predicted molar refractivity (Wildman–Crippen MR) is 85.5 cm³/mol. The maximum Gasteiger partial charge on any atom is 0.216 e. The summed E-state index contributed by atoms with van der Waals surface area (Å²) in [6.07, 6.45) is 2.91. The molecule has 0 spiro atoms. The van der Waals surface area contributed by atoms with E-state index < -0.39 is 14.8 Å². The fraction of sp³-hybridized carbons (Fsp3) is 0.600. The van der Waals surface area contributed by atoms with E-state index in [2.05, 4.69) is 10.0 Å². The summed E-state index contributed by atoms with van der Waals surface area (Å²) in [4.78, 5) is 0. The van der Waals surface area contributed by atoms with Crippen molar-refractivity contribution in [1.29, 1.82) is 0 Å². The molecule has 4 nitrogen and oxygen atoms in total. The Bertz CT molecular complexity index is 478. The third-order valence-electron chi connectivity index (χ3n) is 3.05. The molecule has 114 valence electrons. The molecule has 20 heavy (non-hydrogen) atoms. The Hall–Kier alpha value is -1.07. The summed E-state index contributed by atoms with van der Waals surface area (Å²) in [5.41, 5.74) is 1.13. The predicted octanol–water partition coefficient (Wildman–Crippen LogP) is 2.99. The van der Waals surface area contributed by atoms with Gasteiger partial charge in [0.2, 0.25) is 10.0 Å². The highest BCUT2D eigenvalue weighted by Crippen LogP contribution is 2.13. The number of nitrogens with one attached hydrogen (secondary N) is 2. The number of anilines is 1. The Kier molecular flexibility index (Phi) is 6.49. The summed E-state index contributed by atoms with van der Waals surface area (Å²) in [6.45, 7) is 6.55. The first-order valence-electron chi connectivity index (χ1n) is 7.11. The SMILES string of the molecule is CC(C)(C)S(=O)(=O)NCCCCCNc1ccccc1. The molecule has 0 saturated heterocycles. The van der Waals surface area contributed by atoms with Gasteiger partial charge in [0.25, 0.3) is 0 Å². The Morgan fingerprint density at radius 3 is 2.15 bits per heavy atom. The van der Waals surface area contributed by atoms with Crippen LogP contribution in [0.5, 0.6) is 0 Å². The fourth-order valence-corrected chi connectivity index (χ4v) is 2.48. The Balaban J connectivity index is 2.09. The lowest BCUT2D eigenvalue weighted by atomic mass is 10.2. The smallest absolute Gasteiger partial charge is 0.216 e. The molecule has 0 radical (unpaired) electrons. The summed E-state index contributed by atoms with van der Waals surface area (Å²) < 4.78 is 25.5. The lowest BCUT2D eigenvalue weighted by Crippen LogP contribution is -2.39. The molecule has 0 atom stereocenters. The molecule has 1 rings (SSSR count). The molecule has 2 N–H and O–H groups in total. The minimum atomic E-state index is -3.20. The van der Waals surface area contributed by atoms with Gasteiger partial charge < -0.3 is 5.32 Å². The van der Waals surface area contributed by atoms with Crippen LogP contribution in [0.3, 0.4) is 0 Å². The van der Waals surface area contributed by atoms with E-state index in [9.17, 15) is 8.42 Å². The van der Waals surface area contributed by atoms with Gasteiger partial charge in [0, 0.05) is 18.8 Å². The van der Waals surface area contributed by atoms with Crippen molar-refractivity contribution in [3.8, 4) is 0 Å². The normalized spacial score (nSPS) is 12.3. The Morgan fingerprint density at radius 1 is 0.950 bits per heavy atom. The number of para-hydroxylation sites is 1. The van der Waals surface area contributed by atoms with Gasteiger partial charge in [0.15, 0.2) is 0 Å². The van der Waals surface area contributed by atoms with Crippen LogP contribution in [0.2, 0.25) is 0 Å². The maximum absolute atomic E-state index is 11.8. The first-order chi connectivity index (χ1) is 9.33. The third-order valence-corrected chi connectivity index (χ3v) is 5.25. The second kappa shape index (κ2) is 7.64. The zero-order chi connectivity index (χ0) is 15.1. The summed E-state index contributed by atoms with van der Waals surface area (Å²) in [5, 5.41) is 3.34. The average molecular weight is 298 g/mol. The van der Waals surface area contributed by atoms with Gasteiger partial charge in [-0.1, -0.05) is 24.6 Å². The molecule has 1 aromatic rings. The fourth-order valence-electron chi connectivity index (χ4n) is 1.64. The summed E-state index contributed by atoms with van der Waals surface area (Å²) >= 11 is 0. The van der Waals surface area contributed by atoms with Crippen LogP contribution in [0.25, 0.3) is 0 Å². The van der Waals surface area contributed by atoms with Crippen LogP contribution in [0.1, 0.15) is 40.0 Å². The van der Waals surface area contributed by atoms with Crippen LogP contribution in [-0.4, -0.2) is 26.3 Å². The van der Waals surface area contributed by atoms with Crippen molar-refractivity contribution in [3.63, 3.8) is 0 Å². The van der Waals surface area contributed by atoms with Gasteiger partial charge >= 0.3 is 0 Å². The minimum Gasteiger partial charge on any atom is -0.385 e. The zero-order valence-corrected chi connectivity index (χ0v) is 13.5. The van der Waals surface area contributed by atoms with Crippen molar-refractivity contribution in [1.82, 2.24) is 4.72 Å². The highest BCUT2D eigenvalue weighted by Gasteiger charge is 2.27. The molecule has 0 saturated carbocycles. The number of hydrogen-bond donors (Lipinski definition) is 2. The van der Waals surface area contributed by atoms with Crippen molar-refractivity contribution in [2.45, 2.75) is 44.8 Å². The maximum atomic E-state index is 11.8. The van der Waals surface area contributed by atoms with E-state index >= 15 is 0 Å². The van der Waals surface area contributed by atoms with Gasteiger partial charge in [-0.25, -0.2) is 13.1 Å². The van der Waals surface area contributed by atoms with E-state index in [1.165, 1.54) is 0 Å². The van der Waals surface area contributed by atoms with E-state index in [4.69, 9.17) is 0 Å². The minimum absolute atomic E-state index is 0.519. The van der Waals surface area contributed by atoms with Crippen molar-refractivity contribution in [3.05, 3.63) is 30.3 Å². The van der Waals surface area contributed by atoms with Crippen molar-refractivity contribution in [2.24, 2.45) is 0 Å². The lowest BCUT2D eigenvalue weighted by Gasteiger charge is -2.19. The average Bonchev–Trinajstić information content (AvgIpc) is 2.37. The zero-order valence-electron chi connectivity index (χ0n) is 12.6. The van der Waals surface area contributed by atoms with Gasteiger partial charge in [-0.3, -0.25) is 0 Å². The van der Waals surface area contributed by atoms with E-state index in [-0.39, 0.29) is 0 Å². The number of unbranched alkanes of at least 4 members (excludes halogenated alkanes) is 2. The van der Waals surface area contributed by atoms with Gasteiger partial charge in [-0.05, 0) is 45.7 Å². The van der Waals surface area contributed by atoms with Crippen LogP contribution in [0, 0.1) is 0 Å². The Morgan fingerprint density at radius 2 is 1.55 bits per heavy atom. The van der Waals surface area contributed by atoms with Crippen LogP contribution in [0.15, 0.2) is 30.3 Å². The monoisotopic (exact) mass is 298 g/mol. The number of hydrogen-bond acceptors (Lipinski definition) is 3. The molecule has 0 aliphatic heterocycles. The molecule has 0 unspecified atom stereocenters. The largest absolute Gasteiger partial charge is 0.385 e. The third kappa shape index (κ3) is 5.92. The molecule has 0 aliphatic carbocycles. The summed E-state index contributed by atoms with van der Waals surface area (Å²) in [7, 11) is -3.20. The highest BCUT2D eigenvalue weighted by molar-refractivity contribution is 7.90. The molecule has 0 aliphatic rings. The van der Waals surface area contributed by atoms with Crippen LogP contribution >= 0.6 is 0 Å². The highest BCUT2D eigenvalue weighted by atomic mass is 32.2. The number of benzene rings is 1. The van der Waals surface area contributed by atoms with Crippen LogP contribution in [-0.2, 0) is 10.0 Å². The van der Waals surface area contributed by atoms with Crippen molar-refractivity contribution < 1.29 is 8.42 Å². The second-order valence-corrected chi connectivity index (χ2v) is 8.38. The molecule has 0 bridgehead atoms. The van der Waals surface area contributed by atoms with E-state index in [1.54, 1.807) is 20.8 Å². The number of rotatable bonds is 8. The van der Waals surface area contributed by atoms with E-state index in [0.29, 0.717) is 6.54 Å². The van der Waals surface area contributed by atoms with E-state index in [0.717, 1.165) is 31.5 Å². The molecule has 0 amide bonds. The van der Waals surface area contributed by atoms with Crippen molar-refractivity contribution in [2.75, 3.05) is 18.4 Å². The molecule has 0 fully saturated rings. The molecule has 0 heterocycles. The van der Waals surface area contributed by atoms with Gasteiger partial charge in [0.1, 0.15) is 0 Å². The molecule has 1 aromatic carbocycles. The van der Waals surface area contributed by atoms with Crippen molar-refractivity contribution >= 4 is 15.7 Å². The number of sulfonamides is 1. The van der Waals surface area contributed by atoms with Gasteiger partial charge in [-0.2, -0.15) is 0 Å². The molecular weight excluding hydrogens is 272 g/mol. The standard InChI is InChI=1S/C15H26N2O2S/c1-15(2,3)20(18,19)17-13-9-5-8-12-16-14-10-6-4-7-11-14/h4,6-7,10-11,16-17H,5,8-9,12-13H2,1-3H3. The first kappa shape index (κ1) is 17.0. The van der Waals surface area contributed by atoms with Crippen LogP contribution in [0.4, 0.5) is 5.69 Å². The summed E-state index contributed by atoms with van der Waals surface area (Å²) in [6, 6.07) is 10.1. The molecule has 5 heteroatoms. The second-order valence-electron chi connectivity index (χ2n) is 5.86. The summed E-state index contributed by atoms with van der Waals surface area (Å²) in [5.74, 6) is 0. The van der Waals surface area contributed by atoms with E-state index in [1.807, 2.05) is 30.3 Å². The molecule has 0 aromatic heterocycles.